The van der Waals surface area contributed by atoms with Crippen LogP contribution in [0.25, 0.3) is 0 Å². The summed E-state index contributed by atoms with van der Waals surface area (Å²) in [5.74, 6) is -2.15. The van der Waals surface area contributed by atoms with E-state index >= 15 is 0 Å². The monoisotopic (exact) mass is 565 g/mol. The Morgan fingerprint density at radius 1 is 1.11 bits per heavy atom. The molecule has 1 aliphatic heterocycles. The first-order valence-corrected chi connectivity index (χ1v) is 12.6. The fourth-order valence-electron chi connectivity index (χ4n) is 3.96. The minimum absolute atomic E-state index is 0.183. The fraction of sp³-hybridized carbons (Fsp3) is 0.520. The van der Waals surface area contributed by atoms with Gasteiger partial charge in [-0.05, 0) is 61.2 Å². The van der Waals surface area contributed by atoms with Gasteiger partial charge in [-0.3, -0.25) is 9.59 Å². The first kappa shape index (κ1) is 31.1. The van der Waals surface area contributed by atoms with Gasteiger partial charge in [0, 0.05) is 12.6 Å². The second-order valence-corrected chi connectivity index (χ2v) is 10.3. The van der Waals surface area contributed by atoms with Gasteiger partial charge in [0.05, 0.1) is 25.4 Å². The van der Waals surface area contributed by atoms with Crippen LogP contribution in [0.2, 0.25) is 0 Å². The SMILES string of the molecule is CC(NCC(F)(F)F)c1ccc(CNC2C3=C(C=CC2(Cl)Cl)CCNCC3)cc1.O=C(O)CCC(=O)O. The van der Waals surface area contributed by atoms with Crippen LogP contribution in [0.3, 0.4) is 0 Å². The molecule has 1 aliphatic carbocycles. The molecule has 2 unspecified atom stereocenters. The van der Waals surface area contributed by atoms with Crippen LogP contribution >= 0.6 is 23.2 Å². The number of rotatable bonds is 9. The number of benzene rings is 1. The number of carboxylic acids is 2. The van der Waals surface area contributed by atoms with Crippen molar-refractivity contribution in [3.63, 3.8) is 0 Å². The summed E-state index contributed by atoms with van der Waals surface area (Å²) >= 11 is 13.2. The van der Waals surface area contributed by atoms with E-state index in [1.807, 2.05) is 36.4 Å². The zero-order chi connectivity index (χ0) is 27.6. The number of carbonyl (C=O) groups is 2. The minimum Gasteiger partial charge on any atom is -0.481 e. The van der Waals surface area contributed by atoms with E-state index in [0.717, 1.165) is 37.1 Å². The number of allylic oxidation sites excluding steroid dienone is 1. The van der Waals surface area contributed by atoms with Crippen LogP contribution < -0.4 is 16.0 Å². The van der Waals surface area contributed by atoms with Gasteiger partial charge in [0.1, 0.15) is 0 Å². The van der Waals surface area contributed by atoms with E-state index in [9.17, 15) is 22.8 Å². The van der Waals surface area contributed by atoms with Crippen molar-refractivity contribution in [2.75, 3.05) is 19.6 Å². The maximum absolute atomic E-state index is 12.4. The van der Waals surface area contributed by atoms with E-state index in [1.165, 1.54) is 11.1 Å². The van der Waals surface area contributed by atoms with Gasteiger partial charge in [0.25, 0.3) is 0 Å². The number of aliphatic carboxylic acids is 2. The van der Waals surface area contributed by atoms with Crippen LogP contribution in [0.1, 0.15) is 49.8 Å². The molecule has 1 heterocycles. The molecule has 37 heavy (non-hydrogen) atoms. The predicted molar refractivity (Wildman–Crippen MR) is 137 cm³/mol. The molecular weight excluding hydrogens is 534 g/mol. The molecular formula is C25H32Cl2F3N3O4. The second kappa shape index (κ2) is 14.2. The van der Waals surface area contributed by atoms with Gasteiger partial charge < -0.3 is 26.2 Å². The molecule has 0 radical (unpaired) electrons. The summed E-state index contributed by atoms with van der Waals surface area (Å²) in [4.78, 5) is 19.3. The van der Waals surface area contributed by atoms with Crippen molar-refractivity contribution in [1.29, 1.82) is 0 Å². The van der Waals surface area contributed by atoms with Gasteiger partial charge in [-0.1, -0.05) is 53.5 Å². The molecule has 2 aliphatic rings. The number of carboxylic acid groups (broad SMARTS) is 2. The lowest BCUT2D eigenvalue weighted by molar-refractivity contribution is -0.143. The van der Waals surface area contributed by atoms with E-state index in [4.69, 9.17) is 33.4 Å². The molecule has 0 aromatic heterocycles. The van der Waals surface area contributed by atoms with Crippen LogP contribution in [0, 0.1) is 0 Å². The highest BCUT2D eigenvalue weighted by molar-refractivity contribution is 6.50. The van der Waals surface area contributed by atoms with E-state index in [-0.39, 0.29) is 24.9 Å². The van der Waals surface area contributed by atoms with Gasteiger partial charge >= 0.3 is 18.1 Å². The molecule has 2 atom stereocenters. The van der Waals surface area contributed by atoms with Gasteiger partial charge in [-0.15, -0.1) is 0 Å². The first-order valence-electron chi connectivity index (χ1n) is 11.8. The molecule has 0 saturated carbocycles. The Morgan fingerprint density at radius 2 is 1.70 bits per heavy atom. The zero-order valence-corrected chi connectivity index (χ0v) is 21.9. The lowest BCUT2D eigenvalue weighted by Crippen LogP contribution is -2.45. The van der Waals surface area contributed by atoms with Crippen LogP contribution in [0.15, 0.2) is 47.6 Å². The maximum atomic E-state index is 12.4. The Morgan fingerprint density at radius 3 is 2.27 bits per heavy atom. The molecule has 12 heteroatoms. The summed E-state index contributed by atoms with van der Waals surface area (Å²) < 4.78 is 36.1. The number of hydrogen-bond acceptors (Lipinski definition) is 5. The zero-order valence-electron chi connectivity index (χ0n) is 20.4. The topological polar surface area (TPSA) is 111 Å². The van der Waals surface area contributed by atoms with E-state index < -0.39 is 29.0 Å². The van der Waals surface area contributed by atoms with Crippen LogP contribution in [0.5, 0.6) is 0 Å². The third-order valence-corrected chi connectivity index (χ3v) is 6.63. The smallest absolute Gasteiger partial charge is 0.401 e. The lowest BCUT2D eigenvalue weighted by Gasteiger charge is -2.35. The van der Waals surface area contributed by atoms with E-state index in [0.29, 0.717) is 6.54 Å². The van der Waals surface area contributed by atoms with Crippen LogP contribution in [-0.4, -0.2) is 58.3 Å². The largest absolute Gasteiger partial charge is 0.481 e. The van der Waals surface area contributed by atoms with Crippen LogP contribution in [-0.2, 0) is 16.1 Å². The van der Waals surface area contributed by atoms with E-state index in [1.54, 1.807) is 6.92 Å². The van der Waals surface area contributed by atoms with Crippen molar-refractivity contribution >= 4 is 35.1 Å². The average molecular weight is 566 g/mol. The molecule has 0 spiro atoms. The maximum Gasteiger partial charge on any atom is 0.401 e. The number of hydrogen-bond donors (Lipinski definition) is 5. The van der Waals surface area contributed by atoms with Crippen molar-refractivity contribution in [2.24, 2.45) is 0 Å². The summed E-state index contributed by atoms with van der Waals surface area (Å²) in [6.07, 6.45) is 0.902. The quantitative estimate of drug-likeness (QED) is 0.275. The highest BCUT2D eigenvalue weighted by Crippen LogP contribution is 2.39. The van der Waals surface area contributed by atoms with Crippen LogP contribution in [0.4, 0.5) is 13.2 Å². The molecule has 5 N–H and O–H groups in total. The first-order chi connectivity index (χ1) is 17.3. The number of halogens is 5. The molecule has 0 bridgehead atoms. The van der Waals surface area contributed by atoms with Crippen molar-refractivity contribution < 1.29 is 33.0 Å². The highest BCUT2D eigenvalue weighted by Gasteiger charge is 2.38. The molecule has 0 saturated heterocycles. The third kappa shape index (κ3) is 11.0. The summed E-state index contributed by atoms with van der Waals surface area (Å²) in [5.41, 5.74) is 4.35. The lowest BCUT2D eigenvalue weighted by atomic mass is 9.88. The summed E-state index contributed by atoms with van der Waals surface area (Å²) in [5, 5.41) is 25.2. The summed E-state index contributed by atoms with van der Waals surface area (Å²) in [7, 11) is 0. The van der Waals surface area contributed by atoms with Crippen molar-refractivity contribution in [2.45, 2.75) is 61.7 Å². The molecule has 0 fully saturated rings. The fourth-order valence-corrected chi connectivity index (χ4v) is 4.50. The molecule has 206 valence electrons. The van der Waals surface area contributed by atoms with Gasteiger partial charge in [0.2, 0.25) is 0 Å². The summed E-state index contributed by atoms with van der Waals surface area (Å²) in [6, 6.07) is 6.97. The molecule has 7 nitrogen and oxygen atoms in total. The number of nitrogens with one attached hydrogen (secondary N) is 3. The Labute approximate surface area is 224 Å². The van der Waals surface area contributed by atoms with Crippen molar-refractivity contribution in [3.8, 4) is 0 Å². The Kier molecular flexibility index (Phi) is 11.9. The molecule has 3 rings (SSSR count). The molecule has 1 aromatic rings. The average Bonchev–Trinajstić information content (AvgIpc) is 3.06. The van der Waals surface area contributed by atoms with Crippen molar-refractivity contribution in [3.05, 3.63) is 58.7 Å². The predicted octanol–water partition coefficient (Wildman–Crippen LogP) is 4.72. The molecule has 1 aromatic carbocycles. The normalized spacial score (nSPS) is 19.8. The highest BCUT2D eigenvalue weighted by atomic mass is 35.5. The van der Waals surface area contributed by atoms with Gasteiger partial charge in [-0.25, -0.2) is 0 Å². The summed E-state index contributed by atoms with van der Waals surface area (Å²) in [6.45, 7) is 3.11. The van der Waals surface area contributed by atoms with Gasteiger partial charge in [0.15, 0.2) is 4.33 Å². The van der Waals surface area contributed by atoms with E-state index in [2.05, 4.69) is 16.0 Å². The molecule has 0 amide bonds. The standard InChI is InChI=1S/C21H26Cl2F3N3.C4H6O4/c1-14(29-13-21(24,25)26)16-4-2-15(3-5-16)12-28-19-18-8-11-27-10-7-17(18)6-9-20(19,22)23;5-3(6)1-2-4(7)8/h2-6,9,14,19,27-29H,7-8,10-13H2,1H3;1-2H2,(H,5,6)(H,7,8). The van der Waals surface area contributed by atoms with Crippen molar-refractivity contribution in [1.82, 2.24) is 16.0 Å². The van der Waals surface area contributed by atoms with Gasteiger partial charge in [-0.2, -0.15) is 13.2 Å². The second-order valence-electron chi connectivity index (χ2n) is 8.87. The number of alkyl halides is 5. The Hall–Kier alpha value is -2.11. The minimum atomic E-state index is -4.22. The Bertz CT molecular complexity index is 968. The third-order valence-electron chi connectivity index (χ3n) is 5.95. The Balaban J connectivity index is 0.000000521.